The Kier molecular flexibility index (Phi) is 6.79. The number of azo groups is 1. The van der Waals surface area contributed by atoms with Crippen LogP contribution in [0.1, 0.15) is 40.0 Å². The maximum absolute atomic E-state index is 12.4. The molecule has 0 unspecified atom stereocenters. The highest BCUT2D eigenvalue weighted by Crippen LogP contribution is 2.53. The number of benzene rings is 2. The van der Waals surface area contributed by atoms with Crippen LogP contribution in [0.5, 0.6) is 17.4 Å². The lowest BCUT2D eigenvalue weighted by atomic mass is 9.65. The standard InChI is InChI=1S/C28H33BrN4O4/c1-27(2)12-19-13-28(3,15-27)16-32(19)17-33-23-10-5-18(29)11-22(23)25(26(33)35)31-30-24(34)14-37-21-8-6-20(36-4)7-9-21/h5-11,19,35H,12-17H2,1-4H3/t19-,28-/m1/s1. The Hall–Kier alpha value is -2.91. The zero-order valence-electron chi connectivity index (χ0n) is 21.7. The molecule has 9 heteroatoms. The summed E-state index contributed by atoms with van der Waals surface area (Å²) in [5, 5.41) is 20.0. The lowest BCUT2D eigenvalue weighted by Crippen LogP contribution is -2.35. The minimum absolute atomic E-state index is 0.00610. The van der Waals surface area contributed by atoms with E-state index < -0.39 is 5.91 Å². The van der Waals surface area contributed by atoms with Gasteiger partial charge in [-0.05, 0) is 72.6 Å². The molecule has 1 N–H and O–H groups in total. The van der Waals surface area contributed by atoms with E-state index >= 15 is 0 Å². The van der Waals surface area contributed by atoms with Gasteiger partial charge in [-0.2, -0.15) is 0 Å². The fraction of sp³-hybridized carbons (Fsp3) is 0.464. The van der Waals surface area contributed by atoms with Crippen molar-refractivity contribution >= 4 is 38.4 Å². The van der Waals surface area contributed by atoms with Crippen molar-refractivity contribution in [1.29, 1.82) is 0 Å². The second-order valence-corrected chi connectivity index (χ2v) is 12.3. The van der Waals surface area contributed by atoms with Gasteiger partial charge >= 0.3 is 5.91 Å². The second-order valence-electron chi connectivity index (χ2n) is 11.4. The van der Waals surface area contributed by atoms with Crippen LogP contribution in [0.4, 0.5) is 5.69 Å². The zero-order chi connectivity index (χ0) is 26.4. The third-order valence-electron chi connectivity index (χ3n) is 7.50. The minimum atomic E-state index is -0.547. The number of amides is 1. The van der Waals surface area contributed by atoms with Gasteiger partial charge in [-0.25, -0.2) is 0 Å². The summed E-state index contributed by atoms with van der Waals surface area (Å²) in [6, 6.07) is 13.2. The zero-order valence-corrected chi connectivity index (χ0v) is 23.3. The molecule has 1 aromatic heterocycles. The van der Waals surface area contributed by atoms with Gasteiger partial charge in [0.2, 0.25) is 5.88 Å². The highest BCUT2D eigenvalue weighted by molar-refractivity contribution is 9.10. The molecule has 1 saturated heterocycles. The number of likely N-dealkylation sites (tertiary alicyclic amines) is 1. The number of halogens is 1. The molecule has 1 amide bonds. The van der Waals surface area contributed by atoms with Crippen molar-refractivity contribution in [2.75, 3.05) is 20.3 Å². The van der Waals surface area contributed by atoms with E-state index in [4.69, 9.17) is 9.47 Å². The number of rotatable bonds is 7. The number of hydrogen-bond acceptors (Lipinski definition) is 6. The van der Waals surface area contributed by atoms with Crippen LogP contribution in [-0.4, -0.2) is 46.8 Å². The Morgan fingerprint density at radius 2 is 1.86 bits per heavy atom. The van der Waals surface area contributed by atoms with Crippen LogP contribution in [0.3, 0.4) is 0 Å². The SMILES string of the molecule is COc1ccc(OCC(=O)N=Nc2c(O)n(CN3C[C@]4(C)C[C@H]3CC(C)(C)C4)c3ccc(Br)cc23)cc1. The number of hydrogen-bond donors (Lipinski definition) is 1. The van der Waals surface area contributed by atoms with E-state index in [1.165, 1.54) is 12.8 Å². The Balaban J connectivity index is 1.36. The summed E-state index contributed by atoms with van der Waals surface area (Å²) in [6.45, 7) is 8.39. The smallest absolute Gasteiger partial charge is 0.302 e. The lowest BCUT2D eigenvalue weighted by molar-refractivity contribution is -0.120. The van der Waals surface area contributed by atoms with Crippen LogP contribution in [0.25, 0.3) is 10.9 Å². The minimum Gasteiger partial charge on any atom is -0.497 e. The fourth-order valence-electron chi connectivity index (χ4n) is 6.41. The van der Waals surface area contributed by atoms with Crippen molar-refractivity contribution in [3.8, 4) is 17.4 Å². The number of carbonyl (C=O) groups excluding carboxylic acids is 1. The van der Waals surface area contributed by atoms with Gasteiger partial charge in [0.25, 0.3) is 0 Å². The molecule has 1 saturated carbocycles. The highest BCUT2D eigenvalue weighted by atomic mass is 79.9. The van der Waals surface area contributed by atoms with Crippen LogP contribution in [0.2, 0.25) is 0 Å². The molecule has 2 atom stereocenters. The topological polar surface area (TPSA) is 88.6 Å². The van der Waals surface area contributed by atoms with E-state index in [0.29, 0.717) is 29.6 Å². The fourth-order valence-corrected chi connectivity index (χ4v) is 6.77. The van der Waals surface area contributed by atoms with Crippen molar-refractivity contribution in [2.24, 2.45) is 21.1 Å². The van der Waals surface area contributed by atoms with Crippen molar-refractivity contribution in [3.05, 3.63) is 46.9 Å². The Bertz CT molecular complexity index is 1350. The maximum atomic E-state index is 12.4. The molecule has 0 radical (unpaired) electrons. The highest BCUT2D eigenvalue weighted by Gasteiger charge is 2.49. The lowest BCUT2D eigenvalue weighted by Gasteiger charge is -2.40. The van der Waals surface area contributed by atoms with Gasteiger partial charge in [0.1, 0.15) is 11.5 Å². The summed E-state index contributed by atoms with van der Waals surface area (Å²) in [4.78, 5) is 14.9. The molecule has 8 nitrogen and oxygen atoms in total. The molecule has 2 aliphatic rings. The first kappa shape index (κ1) is 25.7. The van der Waals surface area contributed by atoms with Crippen molar-refractivity contribution in [1.82, 2.24) is 9.47 Å². The summed E-state index contributed by atoms with van der Waals surface area (Å²) in [5.74, 6) is 0.688. The quantitative estimate of drug-likeness (QED) is 0.321. The largest absolute Gasteiger partial charge is 0.497 e. The van der Waals surface area contributed by atoms with Crippen LogP contribution < -0.4 is 9.47 Å². The number of ether oxygens (including phenoxy) is 2. The normalized spacial score (nSPS) is 23.1. The van der Waals surface area contributed by atoms with E-state index in [9.17, 15) is 9.90 Å². The van der Waals surface area contributed by atoms with Crippen molar-refractivity contribution in [3.63, 3.8) is 0 Å². The Labute approximate surface area is 225 Å². The molecule has 0 spiro atoms. The predicted molar refractivity (Wildman–Crippen MR) is 146 cm³/mol. The van der Waals surface area contributed by atoms with E-state index in [-0.39, 0.29) is 23.6 Å². The van der Waals surface area contributed by atoms with Crippen LogP contribution in [0, 0.1) is 10.8 Å². The molecule has 2 bridgehead atoms. The number of carbonyl (C=O) groups is 1. The predicted octanol–water partition coefficient (Wildman–Crippen LogP) is 6.67. The number of fused-ring (bicyclic) bond motifs is 3. The number of aromatic hydroxyl groups is 1. The van der Waals surface area contributed by atoms with Gasteiger partial charge in [-0.15, -0.1) is 10.2 Å². The van der Waals surface area contributed by atoms with Gasteiger partial charge in [-0.3, -0.25) is 14.3 Å². The first-order valence-corrected chi connectivity index (χ1v) is 13.3. The molecule has 1 aliphatic heterocycles. The van der Waals surface area contributed by atoms with Gasteiger partial charge in [0, 0.05) is 22.4 Å². The van der Waals surface area contributed by atoms with Gasteiger partial charge in [0.05, 0.1) is 19.3 Å². The molecule has 196 valence electrons. The van der Waals surface area contributed by atoms with Gasteiger partial charge < -0.3 is 14.6 Å². The molecule has 37 heavy (non-hydrogen) atoms. The van der Waals surface area contributed by atoms with Crippen LogP contribution in [0.15, 0.2) is 57.2 Å². The third kappa shape index (κ3) is 5.38. The Morgan fingerprint density at radius 1 is 1.14 bits per heavy atom. The van der Waals surface area contributed by atoms with Crippen molar-refractivity contribution < 1.29 is 19.4 Å². The van der Waals surface area contributed by atoms with E-state index in [1.54, 1.807) is 31.4 Å². The molecule has 3 aromatic rings. The number of aromatic nitrogens is 1. The summed E-state index contributed by atoms with van der Waals surface area (Å²) in [6.07, 6.45) is 3.53. The van der Waals surface area contributed by atoms with E-state index in [1.807, 2.05) is 22.8 Å². The maximum Gasteiger partial charge on any atom is 0.302 e. The first-order valence-electron chi connectivity index (χ1n) is 12.5. The third-order valence-corrected chi connectivity index (χ3v) is 7.99. The average Bonchev–Trinajstić information content (AvgIpc) is 3.24. The van der Waals surface area contributed by atoms with Crippen LogP contribution >= 0.6 is 15.9 Å². The summed E-state index contributed by atoms with van der Waals surface area (Å²) < 4.78 is 13.4. The summed E-state index contributed by atoms with van der Waals surface area (Å²) >= 11 is 3.52. The molecule has 2 fully saturated rings. The van der Waals surface area contributed by atoms with Gasteiger partial charge in [-0.1, -0.05) is 36.7 Å². The average molecular weight is 570 g/mol. The summed E-state index contributed by atoms with van der Waals surface area (Å²) in [5.41, 5.74) is 1.73. The monoisotopic (exact) mass is 568 g/mol. The second kappa shape index (κ2) is 9.76. The van der Waals surface area contributed by atoms with E-state index in [2.05, 4.69) is 51.8 Å². The Morgan fingerprint density at radius 3 is 2.59 bits per heavy atom. The molecular weight excluding hydrogens is 536 g/mol. The van der Waals surface area contributed by atoms with Gasteiger partial charge in [0.15, 0.2) is 12.3 Å². The summed E-state index contributed by atoms with van der Waals surface area (Å²) in [7, 11) is 1.59. The van der Waals surface area contributed by atoms with Crippen LogP contribution in [-0.2, 0) is 11.5 Å². The molecular formula is C28H33BrN4O4. The number of methoxy groups -OCH3 is 1. The number of nitrogens with zero attached hydrogens (tertiary/aromatic N) is 4. The first-order chi connectivity index (χ1) is 17.6. The van der Waals surface area contributed by atoms with Crippen molar-refractivity contribution in [2.45, 2.75) is 52.7 Å². The molecule has 5 rings (SSSR count). The van der Waals surface area contributed by atoms with E-state index in [0.717, 1.165) is 28.3 Å². The molecule has 2 aromatic carbocycles. The molecule has 2 heterocycles. The molecule has 1 aliphatic carbocycles.